The molecule has 2 rings (SSSR count). The molecule has 1 unspecified atom stereocenters. The van der Waals surface area contributed by atoms with Crippen LogP contribution in [0.2, 0.25) is 0 Å². The van der Waals surface area contributed by atoms with Crippen molar-refractivity contribution in [1.82, 2.24) is 4.90 Å². The Morgan fingerprint density at radius 2 is 2.17 bits per heavy atom. The summed E-state index contributed by atoms with van der Waals surface area (Å²) in [6.07, 6.45) is 1.75. The predicted octanol–water partition coefficient (Wildman–Crippen LogP) is 2.93. The first kappa shape index (κ1) is 13.9. The first-order valence-corrected chi connectivity index (χ1v) is 6.86. The van der Waals surface area contributed by atoms with Gasteiger partial charge in [0.2, 0.25) is 0 Å². The van der Waals surface area contributed by atoms with Gasteiger partial charge in [0.1, 0.15) is 11.6 Å². The number of aliphatic hydroxyl groups excluding tert-OH is 1. The molecular weight excluding hydrogens is 304 g/mol. The van der Waals surface area contributed by atoms with Crippen LogP contribution >= 0.6 is 15.9 Å². The molecule has 1 aromatic rings. The standard InChI is InChI=1S/C13H16BrF2NO/c14-11-1-2-12(15)10(13(11)16)8-17-5-3-9(7-17)4-6-18/h1-2,9,18H,3-8H2. The number of aliphatic hydroxyl groups is 1. The van der Waals surface area contributed by atoms with E-state index in [1.54, 1.807) is 0 Å². The molecule has 1 aliphatic rings. The number of halogens is 3. The van der Waals surface area contributed by atoms with Crippen LogP contribution in [0.15, 0.2) is 16.6 Å². The van der Waals surface area contributed by atoms with E-state index in [0.29, 0.717) is 16.9 Å². The third-order valence-corrected chi connectivity index (χ3v) is 4.04. The molecule has 0 amide bonds. The maximum Gasteiger partial charge on any atom is 0.144 e. The molecule has 18 heavy (non-hydrogen) atoms. The summed E-state index contributed by atoms with van der Waals surface area (Å²) in [5.41, 5.74) is 0.119. The summed E-state index contributed by atoms with van der Waals surface area (Å²) in [4.78, 5) is 2.04. The first-order valence-electron chi connectivity index (χ1n) is 6.07. The van der Waals surface area contributed by atoms with E-state index in [0.717, 1.165) is 25.9 Å². The van der Waals surface area contributed by atoms with E-state index in [2.05, 4.69) is 15.9 Å². The van der Waals surface area contributed by atoms with Gasteiger partial charge < -0.3 is 5.11 Å². The fourth-order valence-electron chi connectivity index (χ4n) is 2.41. The third-order valence-electron chi connectivity index (χ3n) is 3.43. The van der Waals surface area contributed by atoms with Crippen molar-refractivity contribution in [3.05, 3.63) is 33.8 Å². The summed E-state index contributed by atoms with van der Waals surface area (Å²) >= 11 is 3.07. The Balaban J connectivity index is 2.04. The number of hydrogen-bond donors (Lipinski definition) is 1. The lowest BCUT2D eigenvalue weighted by Gasteiger charge is -2.17. The highest BCUT2D eigenvalue weighted by molar-refractivity contribution is 9.10. The number of hydrogen-bond acceptors (Lipinski definition) is 2. The van der Waals surface area contributed by atoms with Gasteiger partial charge in [-0.25, -0.2) is 8.78 Å². The van der Waals surface area contributed by atoms with Gasteiger partial charge in [0.05, 0.1) is 4.47 Å². The molecule has 0 aliphatic carbocycles. The largest absolute Gasteiger partial charge is 0.396 e. The number of rotatable bonds is 4. The molecular formula is C13H16BrF2NO. The van der Waals surface area contributed by atoms with E-state index in [1.165, 1.54) is 12.1 Å². The van der Waals surface area contributed by atoms with Crippen LogP contribution in [0, 0.1) is 17.6 Å². The Kier molecular flexibility index (Phi) is 4.70. The molecule has 1 heterocycles. The van der Waals surface area contributed by atoms with Gasteiger partial charge in [-0.2, -0.15) is 0 Å². The van der Waals surface area contributed by atoms with E-state index in [4.69, 9.17) is 5.11 Å². The Hall–Kier alpha value is -0.520. The average Bonchev–Trinajstić information content (AvgIpc) is 2.78. The zero-order valence-corrected chi connectivity index (χ0v) is 11.6. The highest BCUT2D eigenvalue weighted by Crippen LogP contribution is 2.26. The Morgan fingerprint density at radius 3 is 2.89 bits per heavy atom. The van der Waals surface area contributed by atoms with Crippen molar-refractivity contribution in [2.24, 2.45) is 5.92 Å². The van der Waals surface area contributed by atoms with E-state index in [-0.39, 0.29) is 12.2 Å². The van der Waals surface area contributed by atoms with Gasteiger partial charge in [-0.05, 0) is 53.4 Å². The minimum Gasteiger partial charge on any atom is -0.396 e. The Bertz CT molecular complexity index is 428. The van der Waals surface area contributed by atoms with Crippen molar-refractivity contribution in [3.8, 4) is 0 Å². The minimum atomic E-state index is -0.513. The third kappa shape index (κ3) is 3.08. The Morgan fingerprint density at radius 1 is 1.39 bits per heavy atom. The van der Waals surface area contributed by atoms with Crippen molar-refractivity contribution in [2.75, 3.05) is 19.7 Å². The van der Waals surface area contributed by atoms with Crippen LogP contribution in [0.25, 0.3) is 0 Å². The molecule has 0 radical (unpaired) electrons. The second-order valence-corrected chi connectivity index (χ2v) is 5.58. The van der Waals surface area contributed by atoms with Crippen LogP contribution < -0.4 is 0 Å². The molecule has 1 atom stereocenters. The Labute approximate surface area is 114 Å². The van der Waals surface area contributed by atoms with Crippen molar-refractivity contribution in [1.29, 1.82) is 0 Å². The van der Waals surface area contributed by atoms with Crippen molar-refractivity contribution in [3.63, 3.8) is 0 Å². The topological polar surface area (TPSA) is 23.5 Å². The average molecular weight is 320 g/mol. The van der Waals surface area contributed by atoms with Gasteiger partial charge in [0, 0.05) is 25.3 Å². The van der Waals surface area contributed by atoms with Crippen molar-refractivity contribution >= 4 is 15.9 Å². The fourth-order valence-corrected chi connectivity index (χ4v) is 2.78. The lowest BCUT2D eigenvalue weighted by Crippen LogP contribution is -2.22. The molecule has 5 heteroatoms. The van der Waals surface area contributed by atoms with Crippen molar-refractivity contribution in [2.45, 2.75) is 19.4 Å². The predicted molar refractivity (Wildman–Crippen MR) is 69.1 cm³/mol. The molecule has 0 bridgehead atoms. The lowest BCUT2D eigenvalue weighted by atomic mass is 10.1. The van der Waals surface area contributed by atoms with Crippen LogP contribution in [0.4, 0.5) is 8.78 Å². The second-order valence-electron chi connectivity index (χ2n) is 4.72. The SMILES string of the molecule is OCCC1CCN(Cc2c(F)ccc(Br)c2F)C1. The van der Waals surface area contributed by atoms with Crippen molar-refractivity contribution < 1.29 is 13.9 Å². The quantitative estimate of drug-likeness (QED) is 0.863. The molecule has 1 saturated heterocycles. The smallest absolute Gasteiger partial charge is 0.144 e. The van der Waals surface area contributed by atoms with Gasteiger partial charge in [-0.3, -0.25) is 4.90 Å². The zero-order valence-electron chi connectivity index (χ0n) is 10.0. The van der Waals surface area contributed by atoms with Crippen LogP contribution in [-0.2, 0) is 6.54 Å². The number of likely N-dealkylation sites (tertiary alicyclic amines) is 1. The second kappa shape index (κ2) is 6.08. The molecule has 1 aliphatic heterocycles. The summed E-state index contributed by atoms with van der Waals surface area (Å²) in [6, 6.07) is 2.66. The summed E-state index contributed by atoms with van der Waals surface area (Å²) < 4.78 is 27.7. The number of benzene rings is 1. The van der Waals surface area contributed by atoms with Gasteiger partial charge in [0.25, 0.3) is 0 Å². The molecule has 1 fully saturated rings. The van der Waals surface area contributed by atoms with Crippen LogP contribution in [0.3, 0.4) is 0 Å². The molecule has 0 spiro atoms. The maximum atomic E-state index is 13.8. The maximum absolute atomic E-state index is 13.8. The molecule has 2 nitrogen and oxygen atoms in total. The van der Waals surface area contributed by atoms with Crippen LogP contribution in [0.5, 0.6) is 0 Å². The van der Waals surface area contributed by atoms with E-state index >= 15 is 0 Å². The highest BCUT2D eigenvalue weighted by atomic mass is 79.9. The lowest BCUT2D eigenvalue weighted by molar-refractivity contribution is 0.247. The number of nitrogens with zero attached hydrogens (tertiary/aromatic N) is 1. The van der Waals surface area contributed by atoms with Gasteiger partial charge in [-0.15, -0.1) is 0 Å². The molecule has 1 N–H and O–H groups in total. The van der Waals surface area contributed by atoms with Crippen LogP contribution in [-0.4, -0.2) is 29.7 Å². The summed E-state index contributed by atoms with van der Waals surface area (Å²) in [5.74, 6) is -0.574. The summed E-state index contributed by atoms with van der Waals surface area (Å²) in [7, 11) is 0. The summed E-state index contributed by atoms with van der Waals surface area (Å²) in [6.45, 7) is 2.10. The fraction of sp³-hybridized carbons (Fsp3) is 0.538. The normalized spacial score (nSPS) is 20.6. The van der Waals surface area contributed by atoms with E-state index in [9.17, 15) is 8.78 Å². The monoisotopic (exact) mass is 319 g/mol. The van der Waals surface area contributed by atoms with Gasteiger partial charge in [0.15, 0.2) is 0 Å². The molecule has 1 aromatic carbocycles. The van der Waals surface area contributed by atoms with Crippen LogP contribution in [0.1, 0.15) is 18.4 Å². The molecule has 0 saturated carbocycles. The highest BCUT2D eigenvalue weighted by Gasteiger charge is 2.24. The molecule has 100 valence electrons. The molecule has 0 aromatic heterocycles. The van der Waals surface area contributed by atoms with E-state index in [1.807, 2.05) is 4.90 Å². The minimum absolute atomic E-state index is 0.119. The van der Waals surface area contributed by atoms with Gasteiger partial charge >= 0.3 is 0 Å². The van der Waals surface area contributed by atoms with E-state index < -0.39 is 11.6 Å². The first-order chi connectivity index (χ1) is 8.61. The van der Waals surface area contributed by atoms with Gasteiger partial charge in [-0.1, -0.05) is 0 Å². The summed E-state index contributed by atoms with van der Waals surface area (Å²) in [5, 5.41) is 8.88. The zero-order chi connectivity index (χ0) is 13.1.